The molecular formula is C15H20FNO. The van der Waals surface area contributed by atoms with Gasteiger partial charge in [0.05, 0.1) is 12.3 Å². The van der Waals surface area contributed by atoms with Crippen LogP contribution in [0.5, 0.6) is 5.75 Å². The summed E-state index contributed by atoms with van der Waals surface area (Å²) in [4.78, 5) is 2.08. The lowest BCUT2D eigenvalue weighted by Gasteiger charge is -2.34. The number of hydrogen-bond donors (Lipinski definition) is 0. The van der Waals surface area contributed by atoms with Gasteiger partial charge >= 0.3 is 0 Å². The quantitative estimate of drug-likeness (QED) is 0.758. The van der Waals surface area contributed by atoms with Crippen molar-refractivity contribution in [2.75, 3.05) is 24.6 Å². The number of rotatable bonds is 3. The first-order valence-electron chi connectivity index (χ1n) is 6.46. The highest BCUT2D eigenvalue weighted by Crippen LogP contribution is 2.30. The third-order valence-corrected chi connectivity index (χ3v) is 3.46. The monoisotopic (exact) mass is 249 g/mol. The van der Waals surface area contributed by atoms with Gasteiger partial charge in [-0.3, -0.25) is 0 Å². The Morgan fingerprint density at radius 1 is 1.50 bits per heavy atom. The zero-order valence-electron chi connectivity index (χ0n) is 11.1. The summed E-state index contributed by atoms with van der Waals surface area (Å²) in [6, 6.07) is 4.95. The first-order valence-corrected chi connectivity index (χ1v) is 6.46. The van der Waals surface area contributed by atoms with Crippen molar-refractivity contribution in [2.24, 2.45) is 5.92 Å². The van der Waals surface area contributed by atoms with Gasteiger partial charge in [0, 0.05) is 19.2 Å². The molecule has 0 saturated carbocycles. The van der Waals surface area contributed by atoms with Crippen molar-refractivity contribution in [1.29, 1.82) is 0 Å². The first-order chi connectivity index (χ1) is 8.61. The number of anilines is 1. The molecule has 0 aromatic heterocycles. The van der Waals surface area contributed by atoms with E-state index in [2.05, 4.69) is 18.4 Å². The summed E-state index contributed by atoms with van der Waals surface area (Å²) >= 11 is 0. The molecule has 3 heteroatoms. The van der Waals surface area contributed by atoms with Gasteiger partial charge in [-0.1, -0.05) is 19.1 Å². The highest BCUT2D eigenvalue weighted by atomic mass is 19.1. The number of benzene rings is 1. The predicted octanol–water partition coefficient (Wildman–Crippen LogP) is 3.63. The normalized spacial score (nSPS) is 20.1. The molecule has 1 fully saturated rings. The van der Waals surface area contributed by atoms with E-state index in [4.69, 9.17) is 4.74 Å². The van der Waals surface area contributed by atoms with Crippen LogP contribution in [0.4, 0.5) is 10.1 Å². The third-order valence-electron chi connectivity index (χ3n) is 3.46. The Morgan fingerprint density at radius 3 is 2.94 bits per heavy atom. The van der Waals surface area contributed by atoms with E-state index in [1.54, 1.807) is 12.1 Å². The molecule has 0 aliphatic carbocycles. The first kappa shape index (κ1) is 12.9. The molecule has 1 heterocycles. The van der Waals surface area contributed by atoms with E-state index in [1.807, 2.05) is 6.92 Å². The van der Waals surface area contributed by atoms with Crippen molar-refractivity contribution in [3.8, 4) is 5.75 Å². The molecule has 2 rings (SSSR count). The van der Waals surface area contributed by atoms with Gasteiger partial charge in [0.2, 0.25) is 0 Å². The van der Waals surface area contributed by atoms with Crippen LogP contribution in [0, 0.1) is 11.7 Å². The van der Waals surface area contributed by atoms with E-state index in [9.17, 15) is 4.39 Å². The average molecular weight is 249 g/mol. The van der Waals surface area contributed by atoms with Crippen molar-refractivity contribution in [2.45, 2.75) is 20.3 Å². The minimum atomic E-state index is -0.182. The van der Waals surface area contributed by atoms with Gasteiger partial charge in [-0.05, 0) is 31.4 Å². The van der Waals surface area contributed by atoms with Crippen LogP contribution in [0.3, 0.4) is 0 Å². The lowest BCUT2D eigenvalue weighted by atomic mass is 9.94. The fourth-order valence-corrected chi connectivity index (χ4v) is 2.29. The van der Waals surface area contributed by atoms with E-state index < -0.39 is 0 Å². The Kier molecular flexibility index (Phi) is 3.90. The molecule has 1 unspecified atom stereocenters. The molecule has 1 aliphatic heterocycles. The summed E-state index contributed by atoms with van der Waals surface area (Å²) in [5, 5.41) is 0. The zero-order valence-corrected chi connectivity index (χ0v) is 11.1. The van der Waals surface area contributed by atoms with Crippen LogP contribution in [-0.4, -0.2) is 19.7 Å². The Morgan fingerprint density at radius 2 is 2.28 bits per heavy atom. The zero-order chi connectivity index (χ0) is 13.1. The summed E-state index contributed by atoms with van der Waals surface area (Å²) in [5.41, 5.74) is 1.90. The Bertz CT molecular complexity index is 444. The Labute approximate surface area is 108 Å². The lowest BCUT2D eigenvalue weighted by molar-refractivity contribution is 0.339. The number of ether oxygens (including phenoxy) is 1. The topological polar surface area (TPSA) is 12.5 Å². The Hall–Kier alpha value is -1.51. The molecule has 18 heavy (non-hydrogen) atoms. The van der Waals surface area contributed by atoms with Gasteiger partial charge in [0.15, 0.2) is 0 Å². The lowest BCUT2D eigenvalue weighted by Crippen LogP contribution is -2.35. The van der Waals surface area contributed by atoms with Crippen LogP contribution in [0.2, 0.25) is 0 Å². The minimum Gasteiger partial charge on any atom is -0.494 e. The maximum absolute atomic E-state index is 13.9. The fraction of sp³-hybridized carbons (Fsp3) is 0.467. The Balaban J connectivity index is 2.21. The predicted molar refractivity (Wildman–Crippen MR) is 72.7 cm³/mol. The van der Waals surface area contributed by atoms with E-state index >= 15 is 0 Å². The largest absolute Gasteiger partial charge is 0.494 e. The number of halogens is 1. The summed E-state index contributed by atoms with van der Waals surface area (Å²) in [5.74, 6) is 0.956. The highest BCUT2D eigenvalue weighted by molar-refractivity contribution is 5.53. The number of nitrogens with zero attached hydrogens (tertiary/aromatic N) is 1. The summed E-state index contributed by atoms with van der Waals surface area (Å²) in [6.45, 7) is 10.4. The number of piperidine rings is 1. The van der Waals surface area contributed by atoms with Gasteiger partial charge in [0.25, 0.3) is 0 Å². The van der Waals surface area contributed by atoms with Crippen molar-refractivity contribution in [3.05, 3.63) is 36.2 Å². The molecule has 2 nitrogen and oxygen atoms in total. The average Bonchev–Trinajstić information content (AvgIpc) is 2.35. The van der Waals surface area contributed by atoms with Crippen molar-refractivity contribution >= 4 is 5.69 Å². The molecule has 1 aromatic carbocycles. The second-order valence-corrected chi connectivity index (χ2v) is 4.80. The van der Waals surface area contributed by atoms with Crippen LogP contribution in [0.15, 0.2) is 30.4 Å². The summed E-state index contributed by atoms with van der Waals surface area (Å²) in [7, 11) is 0. The highest BCUT2D eigenvalue weighted by Gasteiger charge is 2.21. The molecule has 1 atom stereocenters. The maximum Gasteiger partial charge on any atom is 0.146 e. The molecule has 0 bridgehead atoms. The van der Waals surface area contributed by atoms with Crippen LogP contribution in [0.25, 0.3) is 0 Å². The molecule has 0 N–H and O–H groups in total. The van der Waals surface area contributed by atoms with E-state index in [0.29, 0.717) is 18.2 Å². The van der Waals surface area contributed by atoms with Crippen LogP contribution < -0.4 is 9.64 Å². The van der Waals surface area contributed by atoms with Gasteiger partial charge in [0.1, 0.15) is 11.6 Å². The smallest absolute Gasteiger partial charge is 0.146 e. The van der Waals surface area contributed by atoms with Crippen LogP contribution >= 0.6 is 0 Å². The standard InChI is InChI=1S/C15H20FNO/c1-4-18-13-5-6-14(16)15(9-13)17-8-7-11(2)12(3)10-17/h5-6,9,12H,2,4,7-8,10H2,1,3H3. The number of hydrogen-bond acceptors (Lipinski definition) is 2. The molecule has 1 aliphatic rings. The molecule has 0 spiro atoms. The van der Waals surface area contributed by atoms with Gasteiger partial charge < -0.3 is 9.64 Å². The molecular weight excluding hydrogens is 229 g/mol. The second kappa shape index (κ2) is 5.42. The molecule has 1 aromatic rings. The van der Waals surface area contributed by atoms with Crippen molar-refractivity contribution in [1.82, 2.24) is 0 Å². The molecule has 0 amide bonds. The van der Waals surface area contributed by atoms with Crippen molar-refractivity contribution < 1.29 is 9.13 Å². The summed E-state index contributed by atoms with van der Waals surface area (Å²) < 4.78 is 19.3. The van der Waals surface area contributed by atoms with E-state index in [1.165, 1.54) is 11.6 Å². The SMILES string of the molecule is C=C1CCN(c2cc(OCC)ccc2F)CC1C. The second-order valence-electron chi connectivity index (χ2n) is 4.80. The third kappa shape index (κ3) is 2.66. The maximum atomic E-state index is 13.9. The van der Waals surface area contributed by atoms with Crippen molar-refractivity contribution in [3.63, 3.8) is 0 Å². The fourth-order valence-electron chi connectivity index (χ4n) is 2.29. The van der Waals surface area contributed by atoms with Crippen LogP contribution in [-0.2, 0) is 0 Å². The molecule has 1 saturated heterocycles. The van der Waals surface area contributed by atoms with Gasteiger partial charge in [-0.2, -0.15) is 0 Å². The van der Waals surface area contributed by atoms with Gasteiger partial charge in [-0.25, -0.2) is 4.39 Å². The molecule has 98 valence electrons. The van der Waals surface area contributed by atoms with Crippen LogP contribution in [0.1, 0.15) is 20.3 Å². The summed E-state index contributed by atoms with van der Waals surface area (Å²) in [6.07, 6.45) is 0.930. The van der Waals surface area contributed by atoms with Gasteiger partial charge in [-0.15, -0.1) is 0 Å². The minimum absolute atomic E-state index is 0.182. The van der Waals surface area contributed by atoms with E-state index in [0.717, 1.165) is 25.3 Å². The van der Waals surface area contributed by atoms with E-state index in [-0.39, 0.29) is 5.82 Å². The molecule has 0 radical (unpaired) electrons.